The van der Waals surface area contributed by atoms with Crippen molar-refractivity contribution in [3.63, 3.8) is 0 Å². The van der Waals surface area contributed by atoms with E-state index < -0.39 is 0 Å². The lowest BCUT2D eigenvalue weighted by Gasteiger charge is -2.44. The van der Waals surface area contributed by atoms with Gasteiger partial charge in [-0.3, -0.25) is 9.58 Å². The Kier molecular flexibility index (Phi) is 4.77. The summed E-state index contributed by atoms with van der Waals surface area (Å²) in [6.45, 7) is 11.7. The van der Waals surface area contributed by atoms with E-state index in [0.29, 0.717) is 6.04 Å². The quantitative estimate of drug-likeness (QED) is 0.928. The number of halogens is 1. The van der Waals surface area contributed by atoms with Crippen LogP contribution in [-0.4, -0.2) is 39.4 Å². The standard InChI is InChI=1S/C15H27ClN4/c1-6-7-12-8-17-15(3,4)10-20(12)9-13-14(16)11(2)18-19(13)5/h12,17H,6-10H2,1-5H3. The second kappa shape index (κ2) is 6.04. The van der Waals surface area contributed by atoms with Crippen LogP contribution >= 0.6 is 11.6 Å². The molecule has 0 bridgehead atoms. The average molecular weight is 299 g/mol. The lowest BCUT2D eigenvalue weighted by molar-refractivity contribution is 0.0804. The first kappa shape index (κ1) is 15.8. The summed E-state index contributed by atoms with van der Waals surface area (Å²) in [6.07, 6.45) is 2.43. The Hall–Kier alpha value is -0.580. The molecular weight excluding hydrogens is 272 g/mol. The van der Waals surface area contributed by atoms with Gasteiger partial charge in [-0.1, -0.05) is 24.9 Å². The molecule has 4 nitrogen and oxygen atoms in total. The Morgan fingerprint density at radius 1 is 1.45 bits per heavy atom. The molecule has 2 heterocycles. The van der Waals surface area contributed by atoms with E-state index in [2.05, 4.69) is 36.1 Å². The van der Waals surface area contributed by atoms with Gasteiger partial charge in [0.15, 0.2) is 0 Å². The summed E-state index contributed by atoms with van der Waals surface area (Å²) in [6, 6.07) is 0.583. The van der Waals surface area contributed by atoms with Crippen LogP contribution in [0.4, 0.5) is 0 Å². The minimum atomic E-state index is 0.157. The highest BCUT2D eigenvalue weighted by molar-refractivity contribution is 6.31. The van der Waals surface area contributed by atoms with E-state index in [0.717, 1.165) is 36.0 Å². The molecule has 1 N–H and O–H groups in total. The van der Waals surface area contributed by atoms with Crippen LogP contribution in [0, 0.1) is 6.92 Å². The second-order valence-corrected chi connectivity index (χ2v) is 6.96. The van der Waals surface area contributed by atoms with Crippen molar-refractivity contribution in [2.75, 3.05) is 13.1 Å². The fourth-order valence-electron chi connectivity index (χ4n) is 3.06. The summed E-state index contributed by atoms with van der Waals surface area (Å²) >= 11 is 6.40. The Morgan fingerprint density at radius 2 is 2.15 bits per heavy atom. The maximum Gasteiger partial charge on any atom is 0.0860 e. The fourth-order valence-corrected chi connectivity index (χ4v) is 3.28. The Balaban J connectivity index is 2.18. The normalized spacial score (nSPS) is 23.2. The van der Waals surface area contributed by atoms with Gasteiger partial charge in [0.1, 0.15) is 0 Å². The lowest BCUT2D eigenvalue weighted by Crippen LogP contribution is -2.61. The average Bonchev–Trinajstić information content (AvgIpc) is 2.59. The number of nitrogens with one attached hydrogen (secondary N) is 1. The molecule has 1 saturated heterocycles. The van der Waals surface area contributed by atoms with Crippen LogP contribution in [-0.2, 0) is 13.6 Å². The van der Waals surface area contributed by atoms with Gasteiger partial charge in [0, 0.05) is 38.3 Å². The molecule has 0 aromatic carbocycles. The fraction of sp³-hybridized carbons (Fsp3) is 0.800. The van der Waals surface area contributed by atoms with Crippen molar-refractivity contribution in [3.8, 4) is 0 Å². The molecule has 1 atom stereocenters. The van der Waals surface area contributed by atoms with Crippen LogP contribution in [0.3, 0.4) is 0 Å². The second-order valence-electron chi connectivity index (χ2n) is 6.58. The van der Waals surface area contributed by atoms with Gasteiger partial charge >= 0.3 is 0 Å². The molecule has 5 heteroatoms. The van der Waals surface area contributed by atoms with Crippen molar-refractivity contribution in [2.45, 2.75) is 58.7 Å². The highest BCUT2D eigenvalue weighted by atomic mass is 35.5. The third-order valence-corrected chi connectivity index (χ3v) is 4.66. The van der Waals surface area contributed by atoms with Gasteiger partial charge in [-0.15, -0.1) is 0 Å². The zero-order valence-electron chi connectivity index (χ0n) is 13.3. The molecular formula is C15H27ClN4. The van der Waals surface area contributed by atoms with Crippen molar-refractivity contribution < 1.29 is 0 Å². The summed E-state index contributed by atoms with van der Waals surface area (Å²) in [5.74, 6) is 0. The predicted octanol–water partition coefficient (Wildman–Crippen LogP) is 2.73. The molecule has 0 amide bonds. The van der Waals surface area contributed by atoms with Crippen LogP contribution in [0.2, 0.25) is 5.02 Å². The smallest absolute Gasteiger partial charge is 0.0860 e. The molecule has 2 rings (SSSR count). The van der Waals surface area contributed by atoms with E-state index in [1.165, 1.54) is 12.8 Å². The Bertz CT molecular complexity index is 467. The summed E-state index contributed by atoms with van der Waals surface area (Å²) in [4.78, 5) is 2.56. The van der Waals surface area contributed by atoms with Crippen molar-refractivity contribution in [2.24, 2.45) is 7.05 Å². The van der Waals surface area contributed by atoms with Crippen LogP contribution in [0.25, 0.3) is 0 Å². The highest BCUT2D eigenvalue weighted by Gasteiger charge is 2.32. The van der Waals surface area contributed by atoms with Crippen molar-refractivity contribution in [1.82, 2.24) is 20.0 Å². The van der Waals surface area contributed by atoms with E-state index in [-0.39, 0.29) is 5.54 Å². The lowest BCUT2D eigenvalue weighted by atomic mass is 9.96. The SMILES string of the molecule is CCCC1CNC(C)(C)CN1Cc1c(Cl)c(C)nn1C. The van der Waals surface area contributed by atoms with Gasteiger partial charge in [0.2, 0.25) is 0 Å². The van der Waals surface area contributed by atoms with E-state index in [1.807, 2.05) is 18.7 Å². The number of piperazine rings is 1. The van der Waals surface area contributed by atoms with Crippen LogP contribution in [0.15, 0.2) is 0 Å². The molecule has 1 aromatic rings. The number of rotatable bonds is 4. The summed E-state index contributed by atoms with van der Waals surface area (Å²) in [7, 11) is 1.98. The van der Waals surface area contributed by atoms with Crippen LogP contribution in [0.5, 0.6) is 0 Å². The molecule has 0 saturated carbocycles. The van der Waals surface area contributed by atoms with E-state index >= 15 is 0 Å². The predicted molar refractivity (Wildman–Crippen MR) is 84.1 cm³/mol. The molecule has 1 unspecified atom stereocenters. The number of aryl methyl sites for hydroxylation is 2. The zero-order chi connectivity index (χ0) is 14.9. The number of hydrogen-bond donors (Lipinski definition) is 1. The maximum absolute atomic E-state index is 6.40. The number of aromatic nitrogens is 2. The van der Waals surface area contributed by atoms with Crippen molar-refractivity contribution in [3.05, 3.63) is 16.4 Å². The van der Waals surface area contributed by atoms with Crippen LogP contribution in [0.1, 0.15) is 45.0 Å². The first-order valence-corrected chi connectivity index (χ1v) is 7.89. The molecule has 0 aliphatic carbocycles. The van der Waals surface area contributed by atoms with Crippen LogP contribution < -0.4 is 5.32 Å². The highest BCUT2D eigenvalue weighted by Crippen LogP contribution is 2.25. The first-order chi connectivity index (χ1) is 9.34. The Morgan fingerprint density at radius 3 is 2.70 bits per heavy atom. The Labute approximate surface area is 127 Å². The topological polar surface area (TPSA) is 33.1 Å². The van der Waals surface area contributed by atoms with E-state index in [1.54, 1.807) is 0 Å². The zero-order valence-corrected chi connectivity index (χ0v) is 14.1. The number of nitrogens with zero attached hydrogens (tertiary/aromatic N) is 3. The third-order valence-electron chi connectivity index (χ3n) is 4.17. The molecule has 1 aliphatic heterocycles. The largest absolute Gasteiger partial charge is 0.309 e. The van der Waals surface area contributed by atoms with Gasteiger partial charge < -0.3 is 5.32 Å². The summed E-state index contributed by atoms with van der Waals surface area (Å²) in [5, 5.41) is 8.89. The first-order valence-electron chi connectivity index (χ1n) is 7.51. The molecule has 1 aliphatic rings. The van der Waals surface area contributed by atoms with Crippen molar-refractivity contribution in [1.29, 1.82) is 0 Å². The van der Waals surface area contributed by atoms with E-state index in [9.17, 15) is 0 Å². The van der Waals surface area contributed by atoms with Gasteiger partial charge in [-0.05, 0) is 27.2 Å². The van der Waals surface area contributed by atoms with Crippen molar-refractivity contribution >= 4 is 11.6 Å². The molecule has 20 heavy (non-hydrogen) atoms. The minimum Gasteiger partial charge on any atom is -0.309 e. The monoisotopic (exact) mass is 298 g/mol. The van der Waals surface area contributed by atoms with E-state index in [4.69, 9.17) is 11.6 Å². The maximum atomic E-state index is 6.40. The molecule has 0 radical (unpaired) electrons. The molecule has 1 fully saturated rings. The van der Waals surface area contributed by atoms with Gasteiger partial charge in [0.05, 0.1) is 16.4 Å². The minimum absolute atomic E-state index is 0.157. The molecule has 1 aromatic heterocycles. The third kappa shape index (κ3) is 3.35. The summed E-state index contributed by atoms with van der Waals surface area (Å²) in [5.41, 5.74) is 2.21. The van der Waals surface area contributed by atoms with Gasteiger partial charge in [-0.25, -0.2) is 0 Å². The summed E-state index contributed by atoms with van der Waals surface area (Å²) < 4.78 is 1.93. The number of hydrogen-bond acceptors (Lipinski definition) is 3. The van der Waals surface area contributed by atoms with Gasteiger partial charge in [-0.2, -0.15) is 5.10 Å². The molecule has 0 spiro atoms. The van der Waals surface area contributed by atoms with Gasteiger partial charge in [0.25, 0.3) is 0 Å². The molecule has 114 valence electrons.